The molecule has 0 radical (unpaired) electrons. The molecule has 0 nitrogen and oxygen atoms in total. The molecular formula is C23H16. The first kappa shape index (κ1) is 12.7. The molecule has 0 heterocycles. The maximum atomic E-state index is 2.29. The van der Waals surface area contributed by atoms with Crippen LogP contribution in [-0.2, 0) is 0 Å². The number of benzene rings is 5. The van der Waals surface area contributed by atoms with Crippen LogP contribution in [0.2, 0.25) is 0 Å². The van der Waals surface area contributed by atoms with E-state index in [2.05, 4.69) is 85.8 Å². The van der Waals surface area contributed by atoms with Gasteiger partial charge in [0, 0.05) is 0 Å². The van der Waals surface area contributed by atoms with Crippen LogP contribution >= 0.6 is 0 Å². The molecule has 0 atom stereocenters. The van der Waals surface area contributed by atoms with Gasteiger partial charge in [-0.2, -0.15) is 0 Å². The van der Waals surface area contributed by atoms with Crippen molar-refractivity contribution < 1.29 is 0 Å². The number of hydrogen-bond acceptors (Lipinski definition) is 0. The Morgan fingerprint density at radius 3 is 1.52 bits per heavy atom. The summed E-state index contributed by atoms with van der Waals surface area (Å²) in [4.78, 5) is 0. The van der Waals surface area contributed by atoms with E-state index in [9.17, 15) is 0 Å². The van der Waals surface area contributed by atoms with Crippen molar-refractivity contribution in [3.63, 3.8) is 0 Å². The zero-order chi connectivity index (χ0) is 15.4. The molecule has 0 aromatic heterocycles. The first-order valence-electron chi connectivity index (χ1n) is 8.06. The Hall–Kier alpha value is -2.86. The standard InChI is InChI=1S/C23H16/c1-15-7-6-12-20-16(15)13-14-22-19-10-3-2-8-17(19)18-9-4-5-11-21(18)23(20)22/h2-14H,1H3. The lowest BCUT2D eigenvalue weighted by molar-refractivity contribution is 1.54. The molecule has 0 N–H and O–H groups in total. The fraction of sp³-hybridized carbons (Fsp3) is 0.0435. The molecule has 0 amide bonds. The van der Waals surface area contributed by atoms with Gasteiger partial charge in [0.1, 0.15) is 0 Å². The Kier molecular flexibility index (Phi) is 2.51. The van der Waals surface area contributed by atoms with Crippen LogP contribution in [0.1, 0.15) is 5.56 Å². The molecule has 5 aromatic rings. The molecule has 0 fully saturated rings. The van der Waals surface area contributed by atoms with E-state index < -0.39 is 0 Å². The van der Waals surface area contributed by atoms with E-state index in [1.54, 1.807) is 0 Å². The van der Waals surface area contributed by atoms with Gasteiger partial charge in [0.05, 0.1) is 0 Å². The predicted molar refractivity (Wildman–Crippen MR) is 101 cm³/mol. The van der Waals surface area contributed by atoms with Gasteiger partial charge < -0.3 is 0 Å². The number of aryl methyl sites for hydroxylation is 1. The highest BCUT2D eigenvalue weighted by atomic mass is 14.1. The number of rotatable bonds is 0. The van der Waals surface area contributed by atoms with Crippen LogP contribution < -0.4 is 0 Å². The summed E-state index contributed by atoms with van der Waals surface area (Å²) in [6.07, 6.45) is 0. The average molecular weight is 292 g/mol. The molecule has 0 saturated carbocycles. The number of hydrogen-bond donors (Lipinski definition) is 0. The molecule has 0 aliphatic rings. The third kappa shape index (κ3) is 1.66. The first-order chi connectivity index (χ1) is 11.3. The van der Waals surface area contributed by atoms with Gasteiger partial charge >= 0.3 is 0 Å². The summed E-state index contributed by atoms with van der Waals surface area (Å²) in [5.41, 5.74) is 1.33. The van der Waals surface area contributed by atoms with Crippen molar-refractivity contribution in [2.24, 2.45) is 0 Å². The Morgan fingerprint density at radius 2 is 0.826 bits per heavy atom. The molecule has 0 unspecified atom stereocenters. The van der Waals surface area contributed by atoms with E-state index in [1.807, 2.05) is 0 Å². The van der Waals surface area contributed by atoms with Crippen LogP contribution in [0.25, 0.3) is 43.1 Å². The van der Waals surface area contributed by atoms with E-state index in [0.29, 0.717) is 0 Å². The molecule has 0 spiro atoms. The molecule has 0 aliphatic carbocycles. The molecule has 0 bridgehead atoms. The van der Waals surface area contributed by atoms with E-state index in [0.717, 1.165) is 0 Å². The number of fused-ring (bicyclic) bond motifs is 8. The van der Waals surface area contributed by atoms with E-state index in [-0.39, 0.29) is 0 Å². The van der Waals surface area contributed by atoms with Gasteiger partial charge in [0.15, 0.2) is 0 Å². The van der Waals surface area contributed by atoms with Crippen LogP contribution in [0, 0.1) is 6.92 Å². The van der Waals surface area contributed by atoms with E-state index in [4.69, 9.17) is 0 Å². The van der Waals surface area contributed by atoms with Gasteiger partial charge in [-0.15, -0.1) is 0 Å². The highest BCUT2D eigenvalue weighted by Crippen LogP contribution is 2.39. The fourth-order valence-corrected chi connectivity index (χ4v) is 3.92. The third-order valence-electron chi connectivity index (χ3n) is 4.98. The summed E-state index contributed by atoms with van der Waals surface area (Å²) in [6.45, 7) is 2.19. The molecule has 108 valence electrons. The Morgan fingerprint density at radius 1 is 0.391 bits per heavy atom. The normalized spacial score (nSPS) is 11.7. The van der Waals surface area contributed by atoms with Gasteiger partial charge in [-0.3, -0.25) is 0 Å². The van der Waals surface area contributed by atoms with Crippen molar-refractivity contribution in [2.75, 3.05) is 0 Å². The summed E-state index contributed by atoms with van der Waals surface area (Å²) in [5.74, 6) is 0. The quantitative estimate of drug-likeness (QED) is 0.282. The average Bonchev–Trinajstić information content (AvgIpc) is 2.62. The monoisotopic (exact) mass is 292 g/mol. The topological polar surface area (TPSA) is 0 Å². The van der Waals surface area contributed by atoms with Crippen molar-refractivity contribution in [1.82, 2.24) is 0 Å². The lowest BCUT2D eigenvalue weighted by Crippen LogP contribution is -1.86. The van der Waals surface area contributed by atoms with Gasteiger partial charge in [0.25, 0.3) is 0 Å². The summed E-state index contributed by atoms with van der Waals surface area (Å²) in [7, 11) is 0. The first-order valence-corrected chi connectivity index (χ1v) is 8.06. The molecule has 0 aliphatic heterocycles. The van der Waals surface area contributed by atoms with Gasteiger partial charge in [-0.1, -0.05) is 78.9 Å². The second-order valence-corrected chi connectivity index (χ2v) is 6.25. The minimum absolute atomic E-state index is 1.33. The van der Waals surface area contributed by atoms with Gasteiger partial charge in [0.2, 0.25) is 0 Å². The fourth-order valence-electron chi connectivity index (χ4n) is 3.92. The highest BCUT2D eigenvalue weighted by Gasteiger charge is 2.11. The van der Waals surface area contributed by atoms with Crippen molar-refractivity contribution in [1.29, 1.82) is 0 Å². The summed E-state index contributed by atoms with van der Waals surface area (Å²) in [5, 5.41) is 10.8. The van der Waals surface area contributed by atoms with Crippen LogP contribution in [0.5, 0.6) is 0 Å². The molecular weight excluding hydrogens is 276 g/mol. The third-order valence-corrected chi connectivity index (χ3v) is 4.98. The molecule has 0 heteroatoms. The molecule has 5 rings (SSSR count). The Balaban J connectivity index is 2.22. The maximum Gasteiger partial charge on any atom is -0.00203 e. The van der Waals surface area contributed by atoms with Crippen molar-refractivity contribution in [3.8, 4) is 0 Å². The second-order valence-electron chi connectivity index (χ2n) is 6.25. The molecule has 23 heavy (non-hydrogen) atoms. The predicted octanol–water partition coefficient (Wildman–Crippen LogP) is 6.61. The Labute approximate surface area is 135 Å². The van der Waals surface area contributed by atoms with Crippen LogP contribution in [0.15, 0.2) is 78.9 Å². The maximum absolute atomic E-state index is 2.29. The minimum atomic E-state index is 1.33. The van der Waals surface area contributed by atoms with Crippen molar-refractivity contribution in [3.05, 3.63) is 84.4 Å². The van der Waals surface area contributed by atoms with Crippen LogP contribution in [0.3, 0.4) is 0 Å². The lowest BCUT2D eigenvalue weighted by atomic mass is 9.90. The zero-order valence-corrected chi connectivity index (χ0v) is 13.0. The van der Waals surface area contributed by atoms with E-state index in [1.165, 1.54) is 48.7 Å². The summed E-state index contributed by atoms with van der Waals surface area (Å²) >= 11 is 0. The summed E-state index contributed by atoms with van der Waals surface area (Å²) < 4.78 is 0. The van der Waals surface area contributed by atoms with Crippen LogP contribution in [-0.4, -0.2) is 0 Å². The molecule has 5 aromatic carbocycles. The Bertz CT molecular complexity index is 1180. The lowest BCUT2D eigenvalue weighted by Gasteiger charge is -2.13. The second kappa shape index (κ2) is 4.57. The van der Waals surface area contributed by atoms with Crippen LogP contribution in [0.4, 0.5) is 0 Å². The van der Waals surface area contributed by atoms with Crippen molar-refractivity contribution in [2.45, 2.75) is 6.92 Å². The van der Waals surface area contributed by atoms with E-state index >= 15 is 0 Å². The summed E-state index contributed by atoms with van der Waals surface area (Å²) in [6, 6.07) is 28.7. The largest absolute Gasteiger partial charge is 0.0616 e. The SMILES string of the molecule is Cc1cccc2c1ccc1c3ccccc3c3ccccc3c21. The van der Waals surface area contributed by atoms with Gasteiger partial charge in [-0.05, 0) is 55.6 Å². The minimum Gasteiger partial charge on any atom is -0.0616 e. The van der Waals surface area contributed by atoms with Gasteiger partial charge in [-0.25, -0.2) is 0 Å². The molecule has 0 saturated heterocycles. The highest BCUT2D eigenvalue weighted by molar-refractivity contribution is 6.31. The van der Waals surface area contributed by atoms with Crippen molar-refractivity contribution >= 4 is 43.1 Å². The zero-order valence-electron chi connectivity index (χ0n) is 13.0. The smallest absolute Gasteiger partial charge is 0.00203 e.